The average Bonchev–Trinajstić information content (AvgIpc) is 3.37. The summed E-state index contributed by atoms with van der Waals surface area (Å²) >= 11 is 0. The van der Waals surface area contributed by atoms with E-state index < -0.39 is 0 Å². The lowest BCUT2D eigenvalue weighted by Gasteiger charge is -2.41. The fourth-order valence-electron chi connectivity index (χ4n) is 4.75. The molecule has 1 atom stereocenters. The Hall–Kier alpha value is -3.45. The number of morpholine rings is 1. The summed E-state index contributed by atoms with van der Waals surface area (Å²) in [6, 6.07) is 18.2. The molecule has 4 aromatic rings. The lowest BCUT2D eigenvalue weighted by molar-refractivity contribution is -0.0596. The number of rotatable bonds is 2. The maximum Gasteiger partial charge on any atom is 0.263 e. The summed E-state index contributed by atoms with van der Waals surface area (Å²) < 4.78 is 8.04. The molecule has 1 saturated heterocycles. The Kier molecular flexibility index (Phi) is 3.79. The normalized spacial score (nSPS) is 20.7. The van der Waals surface area contributed by atoms with Crippen LogP contribution >= 0.6 is 0 Å². The van der Waals surface area contributed by atoms with Gasteiger partial charge >= 0.3 is 0 Å². The van der Waals surface area contributed by atoms with Gasteiger partial charge in [0.1, 0.15) is 11.0 Å². The van der Waals surface area contributed by atoms with E-state index in [9.17, 15) is 4.79 Å². The lowest BCUT2D eigenvalue weighted by Crippen LogP contribution is -2.49. The quantitative estimate of drug-likeness (QED) is 0.561. The number of aromatic amines is 1. The van der Waals surface area contributed by atoms with E-state index in [1.54, 1.807) is 10.9 Å². The second-order valence-corrected chi connectivity index (χ2v) is 7.94. The molecular weight excluding hydrogens is 378 g/mol. The van der Waals surface area contributed by atoms with Gasteiger partial charge in [-0.3, -0.25) is 9.78 Å². The largest absolute Gasteiger partial charge is 0.367 e. The molecule has 1 spiro atoms. The van der Waals surface area contributed by atoms with Crippen LogP contribution in [0.15, 0.2) is 65.6 Å². The zero-order valence-corrected chi connectivity index (χ0v) is 16.4. The van der Waals surface area contributed by atoms with E-state index in [0.29, 0.717) is 36.7 Å². The van der Waals surface area contributed by atoms with E-state index >= 15 is 0 Å². The van der Waals surface area contributed by atoms with Crippen LogP contribution < -0.4 is 10.5 Å². The number of para-hydroxylation sites is 1. The smallest absolute Gasteiger partial charge is 0.263 e. The zero-order valence-electron chi connectivity index (χ0n) is 16.4. The van der Waals surface area contributed by atoms with E-state index in [1.165, 1.54) is 11.1 Å². The highest BCUT2D eigenvalue weighted by Crippen LogP contribution is 2.42. The minimum Gasteiger partial charge on any atom is -0.367 e. The molecule has 1 aliphatic carbocycles. The third kappa shape index (κ3) is 2.59. The molecular formula is C23H21N5O2. The van der Waals surface area contributed by atoms with Gasteiger partial charge in [-0.25, -0.2) is 4.68 Å². The van der Waals surface area contributed by atoms with Gasteiger partial charge < -0.3 is 9.64 Å². The molecule has 1 unspecified atom stereocenters. The molecule has 2 aromatic carbocycles. The first-order chi connectivity index (χ1) is 14.7. The van der Waals surface area contributed by atoms with E-state index in [4.69, 9.17) is 9.72 Å². The van der Waals surface area contributed by atoms with Gasteiger partial charge in [-0.15, -0.1) is 0 Å². The number of aryl methyl sites for hydroxylation is 1. The van der Waals surface area contributed by atoms with E-state index in [1.807, 2.05) is 30.3 Å². The van der Waals surface area contributed by atoms with Crippen molar-refractivity contribution in [3.8, 4) is 5.69 Å². The van der Waals surface area contributed by atoms with E-state index in [0.717, 1.165) is 18.5 Å². The van der Waals surface area contributed by atoms with Crippen molar-refractivity contribution >= 4 is 17.0 Å². The summed E-state index contributed by atoms with van der Waals surface area (Å²) in [5, 5.41) is 4.89. The van der Waals surface area contributed by atoms with Crippen LogP contribution in [0.4, 0.5) is 5.95 Å². The van der Waals surface area contributed by atoms with Crippen molar-refractivity contribution in [1.29, 1.82) is 0 Å². The van der Waals surface area contributed by atoms with E-state index in [2.05, 4.69) is 39.2 Å². The van der Waals surface area contributed by atoms with Gasteiger partial charge in [0.05, 0.1) is 25.0 Å². The van der Waals surface area contributed by atoms with Crippen LogP contribution in [0, 0.1) is 0 Å². The van der Waals surface area contributed by atoms with Crippen LogP contribution in [0.3, 0.4) is 0 Å². The molecule has 1 fully saturated rings. The number of H-pyrrole nitrogens is 1. The van der Waals surface area contributed by atoms with Gasteiger partial charge in [-0.1, -0.05) is 42.5 Å². The minimum atomic E-state index is -0.345. The first kappa shape index (κ1) is 17.4. The third-order valence-corrected chi connectivity index (χ3v) is 6.22. The summed E-state index contributed by atoms with van der Waals surface area (Å²) in [6.07, 6.45) is 3.52. The lowest BCUT2D eigenvalue weighted by atomic mass is 9.94. The molecule has 0 saturated carbocycles. The molecule has 2 aromatic heterocycles. The number of hydrogen-bond acceptors (Lipinski definition) is 5. The summed E-state index contributed by atoms with van der Waals surface area (Å²) in [5.74, 6) is 0.567. The summed E-state index contributed by atoms with van der Waals surface area (Å²) in [6.45, 7) is 1.93. The first-order valence-electron chi connectivity index (χ1n) is 10.2. The fourth-order valence-corrected chi connectivity index (χ4v) is 4.75. The van der Waals surface area contributed by atoms with Gasteiger partial charge in [0.25, 0.3) is 5.56 Å². The Labute approximate surface area is 172 Å². The van der Waals surface area contributed by atoms with Crippen molar-refractivity contribution in [2.24, 2.45) is 0 Å². The Morgan fingerprint density at radius 3 is 2.80 bits per heavy atom. The second-order valence-electron chi connectivity index (χ2n) is 7.94. The van der Waals surface area contributed by atoms with Gasteiger partial charge in [-0.2, -0.15) is 10.1 Å². The van der Waals surface area contributed by atoms with Crippen molar-refractivity contribution in [2.75, 3.05) is 24.6 Å². The Morgan fingerprint density at radius 2 is 1.90 bits per heavy atom. The van der Waals surface area contributed by atoms with Crippen LogP contribution in [0.5, 0.6) is 0 Å². The molecule has 3 heterocycles. The average molecular weight is 399 g/mol. The number of nitrogens with one attached hydrogen (secondary N) is 1. The van der Waals surface area contributed by atoms with Gasteiger partial charge in [-0.05, 0) is 36.1 Å². The SMILES string of the molecule is O=c1[nH]c(N2CCOC3(CCc4ccccc43)C2)nc2c1cnn2-c1ccccc1. The van der Waals surface area contributed by atoms with E-state index in [-0.39, 0.29) is 11.2 Å². The highest BCUT2D eigenvalue weighted by Gasteiger charge is 2.43. The number of nitrogens with zero attached hydrogens (tertiary/aromatic N) is 4. The molecule has 30 heavy (non-hydrogen) atoms. The Bertz CT molecular complexity index is 1290. The Morgan fingerprint density at radius 1 is 1.07 bits per heavy atom. The van der Waals surface area contributed by atoms with Crippen LogP contribution in [0.1, 0.15) is 17.5 Å². The zero-order chi connectivity index (χ0) is 20.1. The van der Waals surface area contributed by atoms with Crippen molar-refractivity contribution in [2.45, 2.75) is 18.4 Å². The molecule has 1 N–H and O–H groups in total. The second kappa shape index (κ2) is 6.53. The minimum absolute atomic E-state index is 0.176. The molecule has 0 amide bonds. The number of aromatic nitrogens is 4. The summed E-state index contributed by atoms with van der Waals surface area (Å²) in [5.41, 5.74) is 3.52. The fraction of sp³-hybridized carbons (Fsp3) is 0.261. The van der Waals surface area contributed by atoms with Crippen LogP contribution in [0.2, 0.25) is 0 Å². The molecule has 7 heteroatoms. The standard InChI is InChI=1S/C23H21N5O2/c29-21-18-14-24-28(17-7-2-1-3-8-17)20(18)25-22(26-21)27-12-13-30-23(15-27)11-10-16-6-4-5-9-19(16)23/h1-9,14H,10-13,15H2,(H,25,26,29). The predicted octanol–water partition coefficient (Wildman–Crippen LogP) is 2.79. The van der Waals surface area contributed by atoms with Crippen LogP contribution in [-0.4, -0.2) is 39.4 Å². The predicted molar refractivity (Wildman–Crippen MR) is 114 cm³/mol. The number of ether oxygens (including phenoxy) is 1. The third-order valence-electron chi connectivity index (χ3n) is 6.22. The molecule has 150 valence electrons. The maximum atomic E-state index is 12.8. The van der Waals surface area contributed by atoms with Gasteiger partial charge in [0.2, 0.25) is 5.95 Å². The molecule has 7 nitrogen and oxygen atoms in total. The number of anilines is 1. The van der Waals surface area contributed by atoms with Crippen LogP contribution in [0.25, 0.3) is 16.7 Å². The molecule has 1 aliphatic heterocycles. The molecule has 0 bridgehead atoms. The number of benzene rings is 2. The Balaban J connectivity index is 1.42. The van der Waals surface area contributed by atoms with Crippen molar-refractivity contribution in [1.82, 2.24) is 19.7 Å². The summed E-state index contributed by atoms with van der Waals surface area (Å²) in [4.78, 5) is 22.7. The van der Waals surface area contributed by atoms with Crippen molar-refractivity contribution in [3.05, 3.63) is 82.3 Å². The maximum absolute atomic E-state index is 12.8. The molecule has 6 rings (SSSR count). The van der Waals surface area contributed by atoms with Crippen molar-refractivity contribution < 1.29 is 4.74 Å². The topological polar surface area (TPSA) is 76.0 Å². The number of fused-ring (bicyclic) bond motifs is 3. The number of hydrogen-bond donors (Lipinski definition) is 1. The summed E-state index contributed by atoms with van der Waals surface area (Å²) in [7, 11) is 0. The van der Waals surface area contributed by atoms with Gasteiger partial charge in [0, 0.05) is 6.54 Å². The highest BCUT2D eigenvalue weighted by molar-refractivity contribution is 5.76. The molecule has 2 aliphatic rings. The van der Waals surface area contributed by atoms with Crippen molar-refractivity contribution in [3.63, 3.8) is 0 Å². The van der Waals surface area contributed by atoms with Crippen LogP contribution in [-0.2, 0) is 16.8 Å². The first-order valence-corrected chi connectivity index (χ1v) is 10.2. The molecule has 0 radical (unpaired) electrons. The van der Waals surface area contributed by atoms with Gasteiger partial charge in [0.15, 0.2) is 5.65 Å². The monoisotopic (exact) mass is 399 g/mol. The highest BCUT2D eigenvalue weighted by atomic mass is 16.5.